The molecule has 48 heavy (non-hydrogen) atoms. The number of aliphatic hydroxyl groups excluding tert-OH is 1. The predicted octanol–water partition coefficient (Wildman–Crippen LogP) is 9.39. The van der Waals surface area contributed by atoms with Crippen LogP contribution in [0.3, 0.4) is 0 Å². The molecule has 0 unspecified atom stereocenters. The van der Waals surface area contributed by atoms with E-state index in [1.165, 1.54) is 38.5 Å². The lowest BCUT2D eigenvalue weighted by Crippen LogP contribution is -2.29. The number of ether oxygens (including phenoxy) is 2. The number of rotatable bonds is 31. The molecule has 0 spiro atoms. The first kappa shape index (κ1) is 45.7. The summed E-state index contributed by atoms with van der Waals surface area (Å²) in [6.45, 7) is 5.56. The maximum Gasteiger partial charge on any atom is 0.469 e. The number of carbonyl (C=O) groups is 2. The number of aliphatic hydroxyl groups is 1. The fraction of sp³-hybridized carbons (Fsp3) is 0.684. The van der Waals surface area contributed by atoms with Crippen LogP contribution in [0.5, 0.6) is 0 Å². The van der Waals surface area contributed by atoms with E-state index in [2.05, 4.69) is 42.7 Å². The molecule has 0 saturated carbocycles. The summed E-state index contributed by atoms with van der Waals surface area (Å²) in [5.74, 6) is -0.203. The minimum atomic E-state index is -4.77. The zero-order valence-corrected chi connectivity index (χ0v) is 30.8. The van der Waals surface area contributed by atoms with E-state index in [9.17, 15) is 19.3 Å². The average molecular weight is 697 g/mol. The van der Waals surface area contributed by atoms with Gasteiger partial charge in [-0.25, -0.2) is 4.57 Å². The molecule has 0 aliphatic carbocycles. The van der Waals surface area contributed by atoms with E-state index in [-0.39, 0.29) is 25.6 Å². The first-order valence-electron chi connectivity index (χ1n) is 18.0. The largest absolute Gasteiger partial charge is 0.469 e. The van der Waals surface area contributed by atoms with Crippen LogP contribution in [0.4, 0.5) is 0 Å². The molecule has 3 N–H and O–H groups in total. The van der Waals surface area contributed by atoms with E-state index < -0.39 is 32.5 Å². The van der Waals surface area contributed by atoms with E-state index in [1.807, 2.05) is 37.3 Å². The van der Waals surface area contributed by atoms with Crippen LogP contribution in [0.2, 0.25) is 0 Å². The van der Waals surface area contributed by atoms with Gasteiger partial charge in [-0.3, -0.25) is 14.1 Å². The highest BCUT2D eigenvalue weighted by atomic mass is 31.2. The summed E-state index contributed by atoms with van der Waals surface area (Å²) in [7, 11) is -4.77. The fourth-order valence-corrected chi connectivity index (χ4v) is 4.90. The number of esters is 2. The van der Waals surface area contributed by atoms with Crippen molar-refractivity contribution in [2.24, 2.45) is 5.92 Å². The van der Waals surface area contributed by atoms with Crippen LogP contribution in [0.1, 0.15) is 136 Å². The second-order valence-corrected chi connectivity index (χ2v) is 13.7. The number of phosphoric ester groups is 1. The van der Waals surface area contributed by atoms with Gasteiger partial charge in [0.25, 0.3) is 0 Å². The third-order valence-electron chi connectivity index (χ3n) is 7.39. The van der Waals surface area contributed by atoms with Gasteiger partial charge in [-0.2, -0.15) is 0 Å². The monoisotopic (exact) mass is 696 g/mol. The van der Waals surface area contributed by atoms with Crippen LogP contribution in [-0.4, -0.2) is 52.3 Å². The number of unbranched alkanes of at least 4 members (excludes halogenated alkanes) is 9. The molecule has 0 aromatic rings. The van der Waals surface area contributed by atoms with E-state index in [1.54, 1.807) is 6.08 Å². The molecule has 0 bridgehead atoms. The van der Waals surface area contributed by atoms with Gasteiger partial charge >= 0.3 is 19.8 Å². The predicted molar refractivity (Wildman–Crippen MR) is 194 cm³/mol. The Balaban J connectivity index is 4.12. The van der Waals surface area contributed by atoms with Crippen molar-refractivity contribution in [2.45, 2.75) is 149 Å². The zero-order chi connectivity index (χ0) is 35.7. The summed E-state index contributed by atoms with van der Waals surface area (Å²) in [6.07, 6.45) is 34.8. The lowest BCUT2D eigenvalue weighted by atomic mass is 10.0. The lowest BCUT2D eigenvalue weighted by Gasteiger charge is -2.18. The second kappa shape index (κ2) is 31.9. The lowest BCUT2D eigenvalue weighted by molar-refractivity contribution is -0.161. The number of phosphoric acid groups is 1. The number of hydrogen-bond acceptors (Lipinski definition) is 7. The topological polar surface area (TPSA) is 140 Å². The summed E-state index contributed by atoms with van der Waals surface area (Å²) in [6, 6.07) is 0. The van der Waals surface area contributed by atoms with Crippen molar-refractivity contribution in [3.63, 3.8) is 0 Å². The first-order chi connectivity index (χ1) is 23.0. The SMILES string of the molecule is CC[C@H](O)/C=C/C=C\C/C=C\C/C=C\C/C=C\CCCC(=O)OC[C@H](COP(=O)(O)O)OC(=O)CCCCCCCCCCCC(C)C. The maximum atomic E-state index is 12.3. The van der Waals surface area contributed by atoms with E-state index in [4.69, 9.17) is 19.3 Å². The highest BCUT2D eigenvalue weighted by Gasteiger charge is 2.22. The maximum absolute atomic E-state index is 12.3. The molecule has 9 nitrogen and oxygen atoms in total. The molecule has 0 aromatic carbocycles. The third-order valence-corrected chi connectivity index (χ3v) is 7.87. The summed E-state index contributed by atoms with van der Waals surface area (Å²) in [5.41, 5.74) is 0. The molecule has 0 aliphatic rings. The van der Waals surface area contributed by atoms with Crippen molar-refractivity contribution in [3.8, 4) is 0 Å². The smallest absolute Gasteiger partial charge is 0.462 e. The molecular formula is C38H65O9P. The molecule has 276 valence electrons. The van der Waals surface area contributed by atoms with Crippen LogP contribution >= 0.6 is 7.82 Å². The standard InChI is InChI=1S/C38H65O9P/c1-4-35(39)29-25-21-17-13-9-7-5-6-8-10-14-18-22-26-30-37(40)45-32-36(33-46-48(42,43)44)47-38(41)31-27-23-19-15-11-12-16-20-24-28-34(2)3/h6-9,14,17-18,21,25,29,34-36,39H,4-5,10-13,15-16,19-20,22-24,26-28,30-33H2,1-3H3,(H2,42,43,44)/b8-6-,9-7-,18-14-,21-17-,29-25+/t35-,36+/m0/s1. The molecule has 0 fully saturated rings. The van der Waals surface area contributed by atoms with Gasteiger partial charge in [0.05, 0.1) is 12.7 Å². The normalized spacial score (nSPS) is 14.0. The molecule has 0 saturated heterocycles. The summed E-state index contributed by atoms with van der Waals surface area (Å²) < 4.78 is 26.2. The third kappa shape index (κ3) is 35.0. The van der Waals surface area contributed by atoms with E-state index in [0.717, 1.165) is 44.4 Å². The van der Waals surface area contributed by atoms with Gasteiger partial charge in [-0.15, -0.1) is 0 Å². The second-order valence-electron chi connectivity index (χ2n) is 12.5. The first-order valence-corrected chi connectivity index (χ1v) is 19.6. The Bertz CT molecular complexity index is 994. The molecule has 0 aromatic heterocycles. The van der Waals surface area contributed by atoms with Crippen molar-refractivity contribution < 1.29 is 43.0 Å². The minimum absolute atomic E-state index is 0.173. The Hall–Kier alpha value is -2.29. The molecule has 2 atom stereocenters. The zero-order valence-electron chi connectivity index (χ0n) is 29.9. The van der Waals surface area contributed by atoms with Gasteiger partial charge in [-0.1, -0.05) is 139 Å². The van der Waals surface area contributed by atoms with Gasteiger partial charge < -0.3 is 24.4 Å². The van der Waals surface area contributed by atoms with Crippen molar-refractivity contribution >= 4 is 19.8 Å². The Labute approximate surface area is 290 Å². The summed E-state index contributed by atoms with van der Waals surface area (Å²) in [5, 5.41) is 9.44. The summed E-state index contributed by atoms with van der Waals surface area (Å²) >= 11 is 0. The quantitative estimate of drug-likeness (QED) is 0.0213. The molecule has 0 aliphatic heterocycles. The van der Waals surface area contributed by atoms with Gasteiger partial charge in [0, 0.05) is 12.8 Å². The minimum Gasteiger partial charge on any atom is -0.462 e. The highest BCUT2D eigenvalue weighted by Crippen LogP contribution is 2.36. The van der Waals surface area contributed by atoms with Crippen LogP contribution in [-0.2, 0) is 28.2 Å². The van der Waals surface area contributed by atoms with Gasteiger partial charge in [0.2, 0.25) is 0 Å². The van der Waals surface area contributed by atoms with Gasteiger partial charge in [0.1, 0.15) is 6.61 Å². The fourth-order valence-electron chi connectivity index (χ4n) is 4.54. The van der Waals surface area contributed by atoms with E-state index >= 15 is 0 Å². The van der Waals surface area contributed by atoms with Crippen LogP contribution < -0.4 is 0 Å². The number of carbonyl (C=O) groups excluding carboxylic acids is 2. The van der Waals surface area contributed by atoms with Crippen molar-refractivity contribution in [3.05, 3.63) is 60.8 Å². The van der Waals surface area contributed by atoms with Crippen molar-refractivity contribution in [1.29, 1.82) is 0 Å². The highest BCUT2D eigenvalue weighted by molar-refractivity contribution is 7.46. The molecule has 10 heteroatoms. The number of allylic oxidation sites excluding steroid dienone is 9. The van der Waals surface area contributed by atoms with Crippen molar-refractivity contribution in [2.75, 3.05) is 13.2 Å². The Morgan fingerprint density at radius 2 is 1.23 bits per heavy atom. The van der Waals surface area contributed by atoms with E-state index in [0.29, 0.717) is 25.7 Å². The number of hydrogen-bond donors (Lipinski definition) is 3. The van der Waals surface area contributed by atoms with Crippen molar-refractivity contribution in [1.82, 2.24) is 0 Å². The molecule has 0 heterocycles. The van der Waals surface area contributed by atoms with Crippen LogP contribution in [0, 0.1) is 5.92 Å². The van der Waals surface area contributed by atoms with Crippen LogP contribution in [0.15, 0.2) is 60.8 Å². The Morgan fingerprint density at radius 1 is 0.688 bits per heavy atom. The summed E-state index contributed by atoms with van der Waals surface area (Å²) in [4.78, 5) is 42.6. The average Bonchev–Trinajstić information content (AvgIpc) is 3.03. The van der Waals surface area contributed by atoms with Gasteiger partial charge in [-0.05, 0) is 50.9 Å². The Morgan fingerprint density at radius 3 is 1.81 bits per heavy atom. The molecule has 0 rings (SSSR count). The van der Waals surface area contributed by atoms with Gasteiger partial charge in [0.15, 0.2) is 6.10 Å². The molecule has 0 radical (unpaired) electrons. The molecular weight excluding hydrogens is 631 g/mol. The van der Waals surface area contributed by atoms with Crippen LogP contribution in [0.25, 0.3) is 0 Å². The molecule has 0 amide bonds. The Kier molecular flexibility index (Phi) is 30.4.